The van der Waals surface area contributed by atoms with Crippen LogP contribution in [-0.2, 0) is 20.6 Å². The van der Waals surface area contributed by atoms with E-state index < -0.39 is 26.5 Å². The first-order chi connectivity index (χ1) is 13.6. The molecule has 1 amide bonds. The number of nitrogens with two attached hydrogens (primary N) is 1. The lowest BCUT2D eigenvalue weighted by atomic mass is 10.1. The van der Waals surface area contributed by atoms with Gasteiger partial charge in [-0.05, 0) is 36.4 Å². The minimum absolute atomic E-state index is 0.0368. The number of carbonyl (C=O) groups excluding carboxylic acids is 1. The fourth-order valence-corrected chi connectivity index (χ4v) is 3.65. The zero-order chi connectivity index (χ0) is 21.2. The van der Waals surface area contributed by atoms with Crippen LogP contribution in [0, 0.1) is 0 Å². The highest BCUT2D eigenvalue weighted by Crippen LogP contribution is 2.21. The Morgan fingerprint density at radius 3 is 2.24 bits per heavy atom. The largest absolute Gasteiger partial charge is 0.382 e. The molecule has 1 unspecified atom stereocenters. The SMILES string of the molecule is CS(=O)c1ccc(NC(=O)c2nc(-c3ccc(S(C)(=O)=O)cc3)cnc2N)cc1. The molecular weight excluding hydrogens is 412 g/mol. The first-order valence-electron chi connectivity index (χ1n) is 8.33. The van der Waals surface area contributed by atoms with Crippen LogP contribution in [0.25, 0.3) is 11.3 Å². The molecule has 3 aromatic rings. The fraction of sp³-hybridized carbons (Fsp3) is 0.105. The molecule has 0 saturated heterocycles. The van der Waals surface area contributed by atoms with Crippen LogP contribution in [0.15, 0.2) is 64.5 Å². The molecule has 1 heterocycles. The van der Waals surface area contributed by atoms with Crippen molar-refractivity contribution in [3.05, 3.63) is 60.4 Å². The van der Waals surface area contributed by atoms with Crippen LogP contribution >= 0.6 is 0 Å². The lowest BCUT2D eigenvalue weighted by Gasteiger charge is -2.09. The Bertz CT molecular complexity index is 1190. The van der Waals surface area contributed by atoms with Crippen LogP contribution in [0.3, 0.4) is 0 Å². The zero-order valence-corrected chi connectivity index (χ0v) is 17.3. The maximum Gasteiger partial charge on any atom is 0.278 e. The summed E-state index contributed by atoms with van der Waals surface area (Å²) < 4.78 is 34.6. The Labute approximate surface area is 170 Å². The minimum Gasteiger partial charge on any atom is -0.382 e. The van der Waals surface area contributed by atoms with Crippen molar-refractivity contribution >= 4 is 38.0 Å². The highest BCUT2D eigenvalue weighted by Gasteiger charge is 2.16. The number of sulfone groups is 1. The molecule has 0 spiro atoms. The Morgan fingerprint density at radius 2 is 1.69 bits per heavy atom. The summed E-state index contributed by atoms with van der Waals surface area (Å²) in [4.78, 5) is 21.7. The van der Waals surface area contributed by atoms with Gasteiger partial charge in [0, 0.05) is 39.5 Å². The van der Waals surface area contributed by atoms with Crippen LogP contribution in [0.4, 0.5) is 11.5 Å². The topological polar surface area (TPSA) is 132 Å². The zero-order valence-electron chi connectivity index (χ0n) is 15.6. The molecule has 1 atom stereocenters. The first-order valence-corrected chi connectivity index (χ1v) is 11.8. The molecule has 0 aliphatic heterocycles. The predicted octanol–water partition coefficient (Wildman–Crippen LogP) is 2.12. The molecule has 2 aromatic carbocycles. The highest BCUT2D eigenvalue weighted by molar-refractivity contribution is 7.90. The summed E-state index contributed by atoms with van der Waals surface area (Å²) in [5.74, 6) is -0.583. The maximum absolute atomic E-state index is 12.6. The second-order valence-electron chi connectivity index (χ2n) is 6.22. The van der Waals surface area contributed by atoms with Crippen LogP contribution < -0.4 is 11.1 Å². The molecule has 0 radical (unpaired) electrons. The third-order valence-electron chi connectivity index (χ3n) is 4.04. The van der Waals surface area contributed by atoms with Gasteiger partial charge in [-0.15, -0.1) is 0 Å². The van der Waals surface area contributed by atoms with Crippen LogP contribution in [0.5, 0.6) is 0 Å². The Balaban J connectivity index is 1.86. The lowest BCUT2D eigenvalue weighted by molar-refractivity contribution is 0.102. The van der Waals surface area contributed by atoms with Gasteiger partial charge >= 0.3 is 0 Å². The molecule has 0 fully saturated rings. The van der Waals surface area contributed by atoms with E-state index in [-0.39, 0.29) is 16.4 Å². The van der Waals surface area contributed by atoms with Gasteiger partial charge in [-0.3, -0.25) is 9.00 Å². The van der Waals surface area contributed by atoms with Crippen molar-refractivity contribution in [1.29, 1.82) is 0 Å². The van der Waals surface area contributed by atoms with Crippen LogP contribution in [0.2, 0.25) is 0 Å². The van der Waals surface area contributed by atoms with Gasteiger partial charge in [0.05, 0.1) is 16.8 Å². The first kappa shape index (κ1) is 20.6. The quantitative estimate of drug-likeness (QED) is 0.633. The van der Waals surface area contributed by atoms with Crippen molar-refractivity contribution in [2.45, 2.75) is 9.79 Å². The number of nitrogen functional groups attached to an aromatic ring is 1. The van der Waals surface area contributed by atoms with E-state index in [1.54, 1.807) is 42.7 Å². The third kappa shape index (κ3) is 4.84. The Kier molecular flexibility index (Phi) is 5.76. The molecule has 0 bridgehead atoms. The molecule has 29 heavy (non-hydrogen) atoms. The number of nitrogens with zero attached hydrogens (tertiary/aromatic N) is 2. The van der Waals surface area contributed by atoms with Crippen molar-refractivity contribution in [3.8, 4) is 11.3 Å². The number of benzene rings is 2. The molecular formula is C19H18N4O4S2. The molecule has 0 saturated carbocycles. The number of anilines is 2. The molecule has 3 N–H and O–H groups in total. The van der Waals surface area contributed by atoms with Gasteiger partial charge in [0.25, 0.3) is 5.91 Å². The number of amides is 1. The summed E-state index contributed by atoms with van der Waals surface area (Å²) in [6.45, 7) is 0. The van der Waals surface area contributed by atoms with Gasteiger partial charge in [0.15, 0.2) is 21.3 Å². The molecule has 150 valence electrons. The fourth-order valence-electron chi connectivity index (χ4n) is 2.50. The molecule has 8 nitrogen and oxygen atoms in total. The van der Waals surface area contributed by atoms with Crippen molar-refractivity contribution in [1.82, 2.24) is 9.97 Å². The number of carbonyl (C=O) groups is 1. The van der Waals surface area contributed by atoms with E-state index in [4.69, 9.17) is 5.73 Å². The second-order valence-corrected chi connectivity index (χ2v) is 9.61. The van der Waals surface area contributed by atoms with Crippen molar-refractivity contribution in [3.63, 3.8) is 0 Å². The summed E-state index contributed by atoms with van der Waals surface area (Å²) in [7, 11) is -4.43. The van der Waals surface area contributed by atoms with Gasteiger partial charge in [0.1, 0.15) is 0 Å². The third-order valence-corrected chi connectivity index (χ3v) is 6.10. The summed E-state index contributed by atoms with van der Waals surface area (Å²) in [5.41, 5.74) is 7.22. The lowest BCUT2D eigenvalue weighted by Crippen LogP contribution is -2.17. The molecule has 3 rings (SSSR count). The minimum atomic E-state index is -3.31. The smallest absolute Gasteiger partial charge is 0.278 e. The monoisotopic (exact) mass is 430 g/mol. The van der Waals surface area contributed by atoms with E-state index in [1.807, 2.05) is 0 Å². The highest BCUT2D eigenvalue weighted by atomic mass is 32.2. The van der Waals surface area contributed by atoms with Gasteiger partial charge in [-0.1, -0.05) is 12.1 Å². The summed E-state index contributed by atoms with van der Waals surface area (Å²) in [6.07, 6.45) is 4.10. The van der Waals surface area contributed by atoms with Crippen molar-refractivity contribution in [2.75, 3.05) is 23.6 Å². The van der Waals surface area contributed by atoms with E-state index in [1.165, 1.54) is 18.3 Å². The number of nitrogens with one attached hydrogen (secondary N) is 1. The van der Waals surface area contributed by atoms with Crippen molar-refractivity contribution < 1.29 is 17.4 Å². The number of hydrogen-bond acceptors (Lipinski definition) is 7. The van der Waals surface area contributed by atoms with E-state index in [0.29, 0.717) is 21.8 Å². The molecule has 1 aromatic heterocycles. The molecule has 0 aliphatic rings. The van der Waals surface area contributed by atoms with Crippen LogP contribution in [0.1, 0.15) is 10.5 Å². The predicted molar refractivity (Wildman–Crippen MR) is 112 cm³/mol. The summed E-state index contributed by atoms with van der Waals surface area (Å²) in [6, 6.07) is 12.7. The van der Waals surface area contributed by atoms with E-state index in [2.05, 4.69) is 15.3 Å². The van der Waals surface area contributed by atoms with E-state index in [9.17, 15) is 17.4 Å². The Hall–Kier alpha value is -3.11. The van der Waals surface area contributed by atoms with Crippen LogP contribution in [-0.4, -0.2) is 41.0 Å². The van der Waals surface area contributed by atoms with E-state index in [0.717, 1.165) is 6.26 Å². The maximum atomic E-state index is 12.6. The molecule has 10 heteroatoms. The van der Waals surface area contributed by atoms with Gasteiger partial charge < -0.3 is 11.1 Å². The Morgan fingerprint density at radius 1 is 1.07 bits per heavy atom. The normalized spacial score (nSPS) is 12.3. The number of aromatic nitrogens is 2. The summed E-state index contributed by atoms with van der Waals surface area (Å²) >= 11 is 0. The molecule has 0 aliphatic carbocycles. The second kappa shape index (κ2) is 8.10. The summed E-state index contributed by atoms with van der Waals surface area (Å²) in [5, 5.41) is 2.67. The van der Waals surface area contributed by atoms with Gasteiger partial charge in [0.2, 0.25) is 0 Å². The average Bonchev–Trinajstić information content (AvgIpc) is 2.68. The standard InChI is InChI=1S/C19H18N4O4S2/c1-28(25)14-7-5-13(6-8-14)22-19(24)17-18(20)21-11-16(23-17)12-3-9-15(10-4-12)29(2,26)27/h3-11H,1-2H3,(H2,20,21)(H,22,24). The van der Waals surface area contributed by atoms with Gasteiger partial charge in [-0.2, -0.15) is 0 Å². The van der Waals surface area contributed by atoms with Gasteiger partial charge in [-0.25, -0.2) is 18.4 Å². The number of rotatable bonds is 5. The average molecular weight is 431 g/mol. The van der Waals surface area contributed by atoms with Crippen molar-refractivity contribution in [2.24, 2.45) is 0 Å². The number of hydrogen-bond donors (Lipinski definition) is 2. The van der Waals surface area contributed by atoms with E-state index >= 15 is 0 Å².